The van der Waals surface area contributed by atoms with Crippen LogP contribution >= 0.6 is 0 Å². The van der Waals surface area contributed by atoms with E-state index in [2.05, 4.69) is 32.9 Å². The van der Waals surface area contributed by atoms with E-state index in [0.29, 0.717) is 13.0 Å². The van der Waals surface area contributed by atoms with Gasteiger partial charge in [-0.3, -0.25) is 4.55 Å². The number of rotatable bonds is 4. The van der Waals surface area contributed by atoms with Gasteiger partial charge < -0.3 is 4.57 Å². The molecule has 1 N–H and O–H groups in total. The van der Waals surface area contributed by atoms with Crippen molar-refractivity contribution in [2.45, 2.75) is 39.2 Å². The molecule has 110 valence electrons. The van der Waals surface area contributed by atoms with Crippen molar-refractivity contribution in [1.29, 1.82) is 0 Å². The van der Waals surface area contributed by atoms with E-state index in [1.165, 1.54) is 11.1 Å². The highest BCUT2D eigenvalue weighted by molar-refractivity contribution is 7.85. The molecule has 0 aromatic heterocycles. The highest BCUT2D eigenvalue weighted by atomic mass is 32.2. The minimum Gasteiger partial charge on any atom is -0.347 e. The average Bonchev–Trinajstić information content (AvgIpc) is 2.74. The van der Waals surface area contributed by atoms with Crippen LogP contribution < -0.4 is 0 Å². The first-order valence-corrected chi connectivity index (χ1v) is 8.33. The standard InChI is InChI=1S/C15H21NO3S/c1-15(2,3)13-8-10-16(9-5-11-20(17,18)19)14-7-4-6-12(13)14/h4,6-8,10H,5,9,11H2,1-3H3,(H,17,18,19). The third kappa shape index (κ3) is 3.41. The van der Waals surface area contributed by atoms with Gasteiger partial charge in [0.1, 0.15) is 0 Å². The van der Waals surface area contributed by atoms with E-state index in [1.807, 2.05) is 22.9 Å². The Bertz CT molecular complexity index is 665. The molecule has 0 unspecified atom stereocenters. The van der Waals surface area contributed by atoms with Crippen molar-refractivity contribution in [3.8, 4) is 11.3 Å². The normalized spacial score (nSPS) is 13.0. The predicted octanol–water partition coefficient (Wildman–Crippen LogP) is 3.17. The zero-order valence-electron chi connectivity index (χ0n) is 12.1. The summed E-state index contributed by atoms with van der Waals surface area (Å²) in [5.74, 6) is -0.205. The predicted molar refractivity (Wildman–Crippen MR) is 80.8 cm³/mol. The van der Waals surface area contributed by atoms with E-state index < -0.39 is 10.1 Å². The van der Waals surface area contributed by atoms with Crippen LogP contribution in [0.4, 0.5) is 0 Å². The van der Waals surface area contributed by atoms with Gasteiger partial charge >= 0.3 is 0 Å². The molecule has 2 rings (SSSR count). The van der Waals surface area contributed by atoms with E-state index in [1.54, 1.807) is 0 Å². The van der Waals surface area contributed by atoms with Crippen LogP contribution in [0.15, 0.2) is 30.5 Å². The Balaban J connectivity index is 2.27. The number of hydrogen-bond donors (Lipinski definition) is 1. The highest BCUT2D eigenvalue weighted by Gasteiger charge is 2.21. The molecule has 5 heteroatoms. The molecule has 0 fully saturated rings. The van der Waals surface area contributed by atoms with E-state index in [9.17, 15) is 8.42 Å². The van der Waals surface area contributed by atoms with Crippen LogP contribution in [0.25, 0.3) is 11.3 Å². The third-order valence-corrected chi connectivity index (χ3v) is 4.23. The molecule has 2 aliphatic rings. The molecule has 0 amide bonds. The summed E-state index contributed by atoms with van der Waals surface area (Å²) in [5.41, 5.74) is 3.66. The Morgan fingerprint density at radius 2 is 1.90 bits per heavy atom. The van der Waals surface area contributed by atoms with Gasteiger partial charge in [0.15, 0.2) is 0 Å². The highest BCUT2D eigenvalue weighted by Crippen LogP contribution is 2.35. The molecule has 0 aromatic carbocycles. The van der Waals surface area contributed by atoms with Crippen LogP contribution in [-0.4, -0.2) is 23.3 Å². The summed E-state index contributed by atoms with van der Waals surface area (Å²) in [7, 11) is -3.88. The number of aryl methyl sites for hydroxylation is 1. The van der Waals surface area contributed by atoms with Gasteiger partial charge in [-0.1, -0.05) is 32.9 Å². The average molecular weight is 295 g/mol. The zero-order valence-corrected chi connectivity index (χ0v) is 12.9. The molecular formula is C15H21NO3S. The van der Waals surface area contributed by atoms with Gasteiger partial charge in [-0.2, -0.15) is 8.42 Å². The topological polar surface area (TPSA) is 59.3 Å². The van der Waals surface area contributed by atoms with Gasteiger partial charge in [0, 0.05) is 24.0 Å². The van der Waals surface area contributed by atoms with E-state index in [4.69, 9.17) is 4.55 Å². The van der Waals surface area contributed by atoms with E-state index in [-0.39, 0.29) is 11.2 Å². The maximum absolute atomic E-state index is 10.8. The number of pyridine rings is 1. The number of nitrogens with zero attached hydrogens (tertiary/aromatic N) is 1. The summed E-state index contributed by atoms with van der Waals surface area (Å²) in [5, 5.41) is 0. The second-order valence-corrected chi connectivity index (χ2v) is 7.71. The summed E-state index contributed by atoms with van der Waals surface area (Å²) in [6, 6.07) is 8.24. The van der Waals surface area contributed by atoms with Gasteiger partial charge in [-0.05, 0) is 29.5 Å². The zero-order chi connectivity index (χ0) is 15.0. The van der Waals surface area contributed by atoms with Crippen molar-refractivity contribution in [1.82, 2.24) is 4.57 Å². The van der Waals surface area contributed by atoms with Crippen LogP contribution in [0, 0.1) is 0 Å². The fourth-order valence-corrected chi connectivity index (χ4v) is 2.98. The molecule has 20 heavy (non-hydrogen) atoms. The van der Waals surface area contributed by atoms with Crippen molar-refractivity contribution < 1.29 is 13.0 Å². The molecule has 0 bridgehead atoms. The molecule has 1 aliphatic carbocycles. The first kappa shape index (κ1) is 15.1. The first-order valence-electron chi connectivity index (χ1n) is 6.72. The molecular weight excluding hydrogens is 274 g/mol. The Morgan fingerprint density at radius 1 is 1.20 bits per heavy atom. The molecule has 0 spiro atoms. The van der Waals surface area contributed by atoms with Gasteiger partial charge in [-0.15, -0.1) is 0 Å². The van der Waals surface area contributed by atoms with Gasteiger partial charge in [0.05, 0.1) is 5.75 Å². The lowest BCUT2D eigenvalue weighted by atomic mass is 9.84. The molecule has 0 saturated carbocycles. The van der Waals surface area contributed by atoms with Crippen LogP contribution in [-0.2, 0) is 22.1 Å². The molecule has 0 atom stereocenters. The van der Waals surface area contributed by atoms with Crippen LogP contribution in [0.2, 0.25) is 0 Å². The minimum absolute atomic E-state index is 0.0696. The van der Waals surface area contributed by atoms with Gasteiger partial charge in [0.2, 0.25) is 0 Å². The van der Waals surface area contributed by atoms with Gasteiger partial charge in [0.25, 0.3) is 10.1 Å². The van der Waals surface area contributed by atoms with E-state index >= 15 is 0 Å². The lowest BCUT2D eigenvalue weighted by molar-refractivity contribution is 0.478. The molecule has 0 radical (unpaired) electrons. The fraction of sp³-hybridized carbons (Fsp3) is 0.467. The van der Waals surface area contributed by atoms with Crippen molar-refractivity contribution in [2.75, 3.05) is 5.75 Å². The van der Waals surface area contributed by atoms with Crippen molar-refractivity contribution in [3.63, 3.8) is 0 Å². The summed E-state index contributed by atoms with van der Waals surface area (Å²) in [6.07, 6.45) is 2.39. The largest absolute Gasteiger partial charge is 0.347 e. The fourth-order valence-electron chi connectivity index (χ4n) is 2.49. The number of aromatic nitrogens is 1. The lowest BCUT2D eigenvalue weighted by Gasteiger charge is -2.25. The summed E-state index contributed by atoms with van der Waals surface area (Å²) in [6.45, 7) is 7.11. The van der Waals surface area contributed by atoms with Crippen molar-refractivity contribution >= 4 is 10.1 Å². The smallest absolute Gasteiger partial charge is 0.264 e. The number of hydrogen-bond acceptors (Lipinski definition) is 2. The third-order valence-electron chi connectivity index (χ3n) is 3.42. The summed E-state index contributed by atoms with van der Waals surface area (Å²) >= 11 is 0. The second kappa shape index (κ2) is 5.22. The van der Waals surface area contributed by atoms with E-state index in [0.717, 1.165) is 5.69 Å². The van der Waals surface area contributed by atoms with Crippen LogP contribution in [0.5, 0.6) is 0 Å². The second-order valence-electron chi connectivity index (χ2n) is 6.14. The van der Waals surface area contributed by atoms with Gasteiger partial charge in [-0.25, -0.2) is 0 Å². The summed E-state index contributed by atoms with van der Waals surface area (Å²) in [4.78, 5) is 0. The maximum Gasteiger partial charge on any atom is 0.264 e. The molecule has 0 saturated heterocycles. The van der Waals surface area contributed by atoms with Crippen molar-refractivity contribution in [2.24, 2.45) is 0 Å². The Hall–Kier alpha value is -1.33. The van der Waals surface area contributed by atoms with Crippen molar-refractivity contribution in [3.05, 3.63) is 36.0 Å². The monoisotopic (exact) mass is 295 g/mol. The quantitative estimate of drug-likeness (QED) is 0.881. The Kier molecular flexibility index (Phi) is 3.93. The molecule has 1 heterocycles. The van der Waals surface area contributed by atoms with Crippen LogP contribution in [0.3, 0.4) is 0 Å². The molecule has 0 aromatic rings. The Labute approximate surface area is 120 Å². The maximum atomic E-state index is 10.8. The molecule has 4 nitrogen and oxygen atoms in total. The minimum atomic E-state index is -3.88. The first-order chi connectivity index (χ1) is 9.18. The number of fused-ring (bicyclic) bond motifs is 1. The van der Waals surface area contributed by atoms with Crippen LogP contribution in [0.1, 0.15) is 32.8 Å². The SMILES string of the molecule is CC(C)(C)c1ccn(CCCS(=O)(=O)O)c2cccc1-2. The Morgan fingerprint density at radius 3 is 2.50 bits per heavy atom. The molecule has 1 aliphatic heterocycles. The summed E-state index contributed by atoms with van der Waals surface area (Å²) < 4.78 is 32.4. The lowest BCUT2D eigenvalue weighted by Crippen LogP contribution is -2.16.